The fourth-order valence-corrected chi connectivity index (χ4v) is 6.50. The van der Waals surface area contributed by atoms with Crippen LogP contribution < -0.4 is 24.8 Å². The van der Waals surface area contributed by atoms with Gasteiger partial charge in [0.05, 0.1) is 0 Å². The molecule has 0 spiro atoms. The van der Waals surface area contributed by atoms with Crippen molar-refractivity contribution < 1.29 is 41.1 Å². The van der Waals surface area contributed by atoms with Crippen molar-refractivity contribution in [3.63, 3.8) is 0 Å². The molecule has 23 heavy (non-hydrogen) atoms. The van der Waals surface area contributed by atoms with Crippen molar-refractivity contribution in [2.24, 2.45) is 10.8 Å². The summed E-state index contributed by atoms with van der Waals surface area (Å²) in [5.74, 6) is 0. The fourth-order valence-electron chi connectivity index (χ4n) is 3.71. The van der Waals surface area contributed by atoms with Crippen LogP contribution in [0, 0.1) is 10.8 Å². The van der Waals surface area contributed by atoms with Gasteiger partial charge in [-0.1, -0.05) is 0 Å². The minimum atomic E-state index is 0. The van der Waals surface area contributed by atoms with Gasteiger partial charge in [-0.25, -0.2) is 0 Å². The summed E-state index contributed by atoms with van der Waals surface area (Å²) >= 11 is 0.102. The zero-order valence-corrected chi connectivity index (χ0v) is 19.1. The Balaban J connectivity index is 0.00000242. The van der Waals surface area contributed by atoms with Crippen LogP contribution >= 0.6 is 0 Å². The van der Waals surface area contributed by atoms with Crippen LogP contribution in [0.3, 0.4) is 0 Å². The van der Waals surface area contributed by atoms with Crippen LogP contribution in [-0.4, -0.2) is 0 Å². The molecule has 0 nitrogen and oxygen atoms in total. The quantitative estimate of drug-likeness (QED) is 0.638. The zero-order chi connectivity index (χ0) is 16.3. The van der Waals surface area contributed by atoms with E-state index in [1.165, 1.54) is 11.1 Å². The van der Waals surface area contributed by atoms with Gasteiger partial charge >= 0.3 is 138 Å². The summed E-state index contributed by atoms with van der Waals surface area (Å²) in [7, 11) is 0. The van der Waals surface area contributed by atoms with E-state index in [-0.39, 0.29) is 51.9 Å². The number of hydrogen-bond donors (Lipinski definition) is 0. The maximum Gasteiger partial charge on any atom is -1.00 e. The maximum atomic E-state index is 2.41. The topological polar surface area (TPSA) is 0 Å². The Bertz CT molecular complexity index is 585. The average Bonchev–Trinajstić information content (AvgIpc) is 2.63. The standard InChI is InChI=1S/2C10H15.2ClH.V/c2*1-7-6-10(4,5)9(3)8(7)2;;;/h2*1-5H3;2*1H;/q;;;;+2/p-2. The molecule has 0 saturated heterocycles. The zero-order valence-electron chi connectivity index (χ0n) is 16.2. The van der Waals surface area contributed by atoms with Crippen LogP contribution in [0.4, 0.5) is 0 Å². The normalized spacial score (nSPS) is 22.3. The molecular weight excluding hydrogens is 362 g/mol. The Morgan fingerprint density at radius 3 is 0.957 bits per heavy atom. The molecule has 0 aliphatic heterocycles. The van der Waals surface area contributed by atoms with E-state index in [4.69, 9.17) is 0 Å². The third-order valence-electron chi connectivity index (χ3n) is 6.24. The van der Waals surface area contributed by atoms with E-state index in [9.17, 15) is 0 Å². The van der Waals surface area contributed by atoms with Gasteiger partial charge in [0.25, 0.3) is 0 Å². The average molecular weight is 392 g/mol. The SMILES string of the molecule is CC1=C(C)C(C)(C)[C]([V+2][C]2=C(C)C(C)=C(C)C2(C)C)=C1C.[Cl-].[Cl-]. The molecule has 129 valence electrons. The minimum absolute atomic E-state index is 0. The second-order valence-corrected chi connectivity index (χ2v) is 9.55. The monoisotopic (exact) mass is 391 g/mol. The molecule has 0 amide bonds. The van der Waals surface area contributed by atoms with Gasteiger partial charge in [0.15, 0.2) is 0 Å². The molecule has 0 N–H and O–H groups in total. The molecule has 2 rings (SSSR count). The summed E-state index contributed by atoms with van der Waals surface area (Å²) in [4.78, 5) is 0. The van der Waals surface area contributed by atoms with E-state index in [2.05, 4.69) is 69.2 Å². The summed E-state index contributed by atoms with van der Waals surface area (Å²) in [6.45, 7) is 23.6. The largest absolute Gasteiger partial charge is 1.00 e. The van der Waals surface area contributed by atoms with Crippen LogP contribution in [0.2, 0.25) is 0 Å². The van der Waals surface area contributed by atoms with E-state index < -0.39 is 0 Å². The first kappa shape index (κ1) is 23.1. The van der Waals surface area contributed by atoms with Gasteiger partial charge in [-0.15, -0.1) is 0 Å². The van der Waals surface area contributed by atoms with Crippen molar-refractivity contribution >= 4 is 0 Å². The van der Waals surface area contributed by atoms with E-state index in [0.29, 0.717) is 0 Å². The third kappa shape index (κ3) is 3.30. The minimum Gasteiger partial charge on any atom is -1.00 e. The number of hydrogen-bond acceptors (Lipinski definition) is 0. The number of halogens is 2. The third-order valence-corrected chi connectivity index (χ3v) is 9.73. The summed E-state index contributed by atoms with van der Waals surface area (Å²) in [5, 5.41) is 0. The van der Waals surface area contributed by atoms with Crippen molar-refractivity contribution in [1.29, 1.82) is 0 Å². The summed E-state index contributed by atoms with van der Waals surface area (Å²) in [6, 6.07) is 0. The summed E-state index contributed by atoms with van der Waals surface area (Å²) in [5.41, 5.74) is 9.83. The molecule has 0 bridgehead atoms. The van der Waals surface area contributed by atoms with Crippen molar-refractivity contribution in [3.05, 3.63) is 42.0 Å². The van der Waals surface area contributed by atoms with Crippen LogP contribution in [0.15, 0.2) is 42.0 Å². The Morgan fingerprint density at radius 2 is 0.783 bits per heavy atom. The van der Waals surface area contributed by atoms with Crippen LogP contribution in [0.25, 0.3) is 0 Å². The smallest absolute Gasteiger partial charge is 1.00 e. The van der Waals surface area contributed by atoms with Gasteiger partial charge in [-0.2, -0.15) is 0 Å². The van der Waals surface area contributed by atoms with Gasteiger partial charge in [-0.05, 0) is 0 Å². The Morgan fingerprint density at radius 1 is 0.522 bits per heavy atom. The van der Waals surface area contributed by atoms with Crippen molar-refractivity contribution in [1.82, 2.24) is 0 Å². The molecule has 0 unspecified atom stereocenters. The molecule has 0 atom stereocenters. The first-order chi connectivity index (χ1) is 9.44. The molecule has 0 aromatic carbocycles. The molecule has 0 radical (unpaired) electrons. The van der Waals surface area contributed by atoms with Gasteiger partial charge in [0.2, 0.25) is 0 Å². The second-order valence-electron chi connectivity index (χ2n) is 7.81. The second kappa shape index (κ2) is 7.16. The molecule has 0 aromatic rings. The molecule has 3 heteroatoms. The molecule has 0 heterocycles. The Kier molecular flexibility index (Phi) is 7.20. The van der Waals surface area contributed by atoms with Gasteiger partial charge in [0.1, 0.15) is 0 Å². The van der Waals surface area contributed by atoms with E-state index in [0.717, 1.165) is 0 Å². The summed E-state index contributed by atoms with van der Waals surface area (Å²) in [6.07, 6.45) is 0. The maximum absolute atomic E-state index is 2.41. The van der Waals surface area contributed by atoms with E-state index in [1.54, 1.807) is 30.9 Å². The van der Waals surface area contributed by atoms with Crippen LogP contribution in [-0.2, 0) is 16.3 Å². The molecule has 2 aliphatic rings. The molecule has 2 aliphatic carbocycles. The van der Waals surface area contributed by atoms with Gasteiger partial charge in [-0.3, -0.25) is 0 Å². The Hall–Kier alpha value is 0.124. The van der Waals surface area contributed by atoms with Crippen molar-refractivity contribution in [2.75, 3.05) is 0 Å². The Labute approximate surface area is 162 Å². The van der Waals surface area contributed by atoms with E-state index in [1.807, 2.05) is 0 Å². The number of allylic oxidation sites excluding steroid dienone is 8. The van der Waals surface area contributed by atoms with Crippen LogP contribution in [0.1, 0.15) is 69.2 Å². The molecule has 0 aromatic heterocycles. The predicted octanol–water partition coefficient (Wildman–Crippen LogP) is 0.377. The van der Waals surface area contributed by atoms with Crippen molar-refractivity contribution in [3.8, 4) is 0 Å². The van der Waals surface area contributed by atoms with Gasteiger partial charge in [0, 0.05) is 0 Å². The summed E-state index contributed by atoms with van der Waals surface area (Å²) < 4.78 is 3.44. The van der Waals surface area contributed by atoms with E-state index >= 15 is 0 Å². The fraction of sp³-hybridized carbons (Fsp3) is 0.600. The predicted molar refractivity (Wildman–Crippen MR) is 89.7 cm³/mol. The molecular formula is C20H30Cl2V. The van der Waals surface area contributed by atoms with Crippen molar-refractivity contribution in [2.45, 2.75) is 69.2 Å². The molecule has 0 fully saturated rings. The number of rotatable bonds is 2. The first-order valence-electron chi connectivity index (χ1n) is 7.95. The first-order valence-corrected chi connectivity index (χ1v) is 9.34. The van der Waals surface area contributed by atoms with Gasteiger partial charge < -0.3 is 24.8 Å². The molecule has 0 saturated carbocycles. The van der Waals surface area contributed by atoms with Crippen LogP contribution in [0.5, 0.6) is 0 Å².